The Morgan fingerprint density at radius 1 is 0.878 bits per heavy atom. The van der Waals surface area contributed by atoms with Crippen molar-refractivity contribution < 1.29 is 59.9 Å². The smallest absolute Gasteiger partial charge is 0.315 e. The number of rotatable bonds is 6. The van der Waals surface area contributed by atoms with Crippen LogP contribution >= 0.6 is 0 Å². The maximum absolute atomic E-state index is 13.6. The van der Waals surface area contributed by atoms with E-state index in [1.165, 1.54) is 12.7 Å². The summed E-state index contributed by atoms with van der Waals surface area (Å²) in [5.74, 6) is -0.880. The molecule has 5 fully saturated rings. The molecule has 280 valence electrons. The molecule has 0 spiro atoms. The Bertz CT molecular complexity index is 1300. The lowest BCUT2D eigenvalue weighted by atomic mass is 9.33. The summed E-state index contributed by atoms with van der Waals surface area (Å²) in [6.07, 6.45) is -4.02. The van der Waals surface area contributed by atoms with Crippen LogP contribution in [0.5, 0.6) is 0 Å². The molecule has 0 aromatic heterocycles. The van der Waals surface area contributed by atoms with Crippen LogP contribution in [-0.2, 0) is 19.0 Å². The normalized spacial score (nSPS) is 51.7. The van der Waals surface area contributed by atoms with Crippen molar-refractivity contribution in [3.63, 3.8) is 0 Å². The van der Waals surface area contributed by atoms with Crippen molar-refractivity contribution in [2.24, 2.45) is 50.2 Å². The van der Waals surface area contributed by atoms with Gasteiger partial charge in [-0.25, -0.2) is 0 Å². The minimum absolute atomic E-state index is 0.0201. The second kappa shape index (κ2) is 12.5. The average molecular weight is 697 g/mol. The van der Waals surface area contributed by atoms with E-state index in [9.17, 15) is 45.6 Å². The van der Waals surface area contributed by atoms with Gasteiger partial charge in [-0.1, -0.05) is 46.3 Å². The molecule has 4 saturated carbocycles. The highest BCUT2D eigenvalue weighted by Gasteiger charge is 2.73. The quantitative estimate of drug-likeness (QED) is 0.111. The molecule has 12 nitrogen and oxygen atoms in total. The first-order valence-corrected chi connectivity index (χ1v) is 18.2. The van der Waals surface area contributed by atoms with Crippen LogP contribution in [0.3, 0.4) is 0 Å². The molecule has 3 unspecified atom stereocenters. The number of fused-ring (bicyclic) bond motifs is 7. The molecule has 0 radical (unpaired) electrons. The number of aliphatic hydroxyl groups is 8. The lowest BCUT2D eigenvalue weighted by Crippen LogP contribution is -2.71. The van der Waals surface area contributed by atoms with E-state index in [-0.39, 0.29) is 41.0 Å². The molecular weight excluding hydrogens is 636 g/mol. The van der Waals surface area contributed by atoms with Crippen molar-refractivity contribution in [1.29, 1.82) is 0 Å². The molecule has 0 bridgehead atoms. The zero-order valence-electron chi connectivity index (χ0n) is 29.9. The van der Waals surface area contributed by atoms with Crippen LogP contribution in [0.15, 0.2) is 11.6 Å². The largest absolute Gasteiger partial charge is 0.468 e. The minimum atomic E-state index is -1.70. The predicted molar refractivity (Wildman–Crippen MR) is 175 cm³/mol. The van der Waals surface area contributed by atoms with Crippen molar-refractivity contribution in [3.05, 3.63) is 11.6 Å². The topological polar surface area (TPSA) is 207 Å². The second-order valence-electron chi connectivity index (χ2n) is 18.0. The molecule has 1 aliphatic heterocycles. The SMILES string of the molecule is COC(=O)[C@]12CCC(C)(C)CC1C1=CCC3[C@@]4(C)C[C@H](O)[C@H](O[C@@H]5O[C@H](CO)[C@@H](O)[C@H](O)[C@H]5O)C(CO)(CO)C4CC[C@@]3(C)[C@]1(C)C[C@H]2O. The van der Waals surface area contributed by atoms with Crippen molar-refractivity contribution >= 4 is 5.97 Å². The molecule has 8 N–H and O–H groups in total. The van der Waals surface area contributed by atoms with Gasteiger partial charge < -0.3 is 55.1 Å². The van der Waals surface area contributed by atoms with Gasteiger partial charge in [-0.15, -0.1) is 0 Å². The van der Waals surface area contributed by atoms with Crippen LogP contribution in [0.1, 0.15) is 86.0 Å². The number of allylic oxidation sites excluding steroid dienone is 2. The Labute approximate surface area is 289 Å². The molecular formula is C37H60O12. The zero-order valence-corrected chi connectivity index (χ0v) is 29.9. The Morgan fingerprint density at radius 3 is 2.16 bits per heavy atom. The molecule has 0 aromatic carbocycles. The Kier molecular flexibility index (Phi) is 9.55. The van der Waals surface area contributed by atoms with Gasteiger partial charge in [-0.05, 0) is 90.8 Å². The van der Waals surface area contributed by atoms with E-state index in [1.807, 2.05) is 0 Å². The monoisotopic (exact) mass is 696 g/mol. The van der Waals surface area contributed by atoms with Gasteiger partial charge in [-0.3, -0.25) is 4.79 Å². The third-order valence-electron chi connectivity index (χ3n) is 15.5. The summed E-state index contributed by atoms with van der Waals surface area (Å²) >= 11 is 0. The van der Waals surface area contributed by atoms with Crippen LogP contribution in [-0.4, -0.2) is 123 Å². The summed E-state index contributed by atoms with van der Waals surface area (Å²) in [6, 6.07) is 0. The third kappa shape index (κ3) is 5.02. The molecule has 15 atom stereocenters. The van der Waals surface area contributed by atoms with E-state index in [1.54, 1.807) is 0 Å². The van der Waals surface area contributed by atoms with Gasteiger partial charge in [0, 0.05) is 5.41 Å². The van der Waals surface area contributed by atoms with Gasteiger partial charge in [0.1, 0.15) is 29.8 Å². The number of hydrogen-bond donors (Lipinski definition) is 8. The predicted octanol–water partition coefficient (Wildman–Crippen LogP) is 1.03. The number of methoxy groups -OCH3 is 1. The number of ether oxygens (including phenoxy) is 3. The molecule has 0 aromatic rings. The van der Waals surface area contributed by atoms with Gasteiger partial charge in [0.05, 0.1) is 45.2 Å². The maximum atomic E-state index is 13.6. The summed E-state index contributed by atoms with van der Waals surface area (Å²) in [4.78, 5) is 13.6. The lowest BCUT2D eigenvalue weighted by molar-refractivity contribution is -0.349. The summed E-state index contributed by atoms with van der Waals surface area (Å²) < 4.78 is 17.2. The van der Waals surface area contributed by atoms with E-state index in [2.05, 4.69) is 40.7 Å². The first-order chi connectivity index (χ1) is 22.9. The van der Waals surface area contributed by atoms with Gasteiger partial charge in [0.25, 0.3) is 0 Å². The highest BCUT2D eigenvalue weighted by molar-refractivity contribution is 5.79. The molecule has 5 aliphatic carbocycles. The Hall–Kier alpha value is -1.19. The number of hydrogen-bond acceptors (Lipinski definition) is 12. The highest BCUT2D eigenvalue weighted by atomic mass is 16.7. The summed E-state index contributed by atoms with van der Waals surface area (Å²) in [5.41, 5.74) is -2.62. The minimum Gasteiger partial charge on any atom is -0.468 e. The molecule has 12 heteroatoms. The number of esters is 1. The van der Waals surface area contributed by atoms with Crippen LogP contribution in [0.4, 0.5) is 0 Å². The van der Waals surface area contributed by atoms with Gasteiger partial charge in [-0.2, -0.15) is 0 Å². The van der Waals surface area contributed by atoms with Crippen LogP contribution in [0.25, 0.3) is 0 Å². The Morgan fingerprint density at radius 2 is 1.55 bits per heavy atom. The Balaban J connectivity index is 1.38. The number of carbonyl (C=O) groups excluding carboxylic acids is 1. The van der Waals surface area contributed by atoms with Crippen LogP contribution in [0, 0.1) is 50.2 Å². The maximum Gasteiger partial charge on any atom is 0.315 e. The van der Waals surface area contributed by atoms with Crippen LogP contribution < -0.4 is 0 Å². The van der Waals surface area contributed by atoms with E-state index in [0.717, 1.165) is 12.8 Å². The van der Waals surface area contributed by atoms with E-state index >= 15 is 0 Å². The molecule has 49 heavy (non-hydrogen) atoms. The molecule has 6 aliphatic rings. The third-order valence-corrected chi connectivity index (χ3v) is 15.5. The molecule has 0 amide bonds. The summed E-state index contributed by atoms with van der Waals surface area (Å²) in [5, 5.41) is 87.4. The van der Waals surface area contributed by atoms with Gasteiger partial charge in [0.15, 0.2) is 6.29 Å². The van der Waals surface area contributed by atoms with Crippen LogP contribution in [0.2, 0.25) is 0 Å². The second-order valence-corrected chi connectivity index (χ2v) is 18.0. The molecule has 1 saturated heterocycles. The first-order valence-electron chi connectivity index (χ1n) is 18.2. The first kappa shape index (κ1) is 37.6. The summed E-state index contributed by atoms with van der Waals surface area (Å²) in [6.45, 7) is 9.38. The standard InChI is InChI=1S/C37H60O12/c1-32(2)11-12-37(31(46)47-6)20(13-32)19-7-8-23-33(3)14-21(41)29(49-30-28(45)27(44)26(43)22(16-38)48-30)36(17-39,18-40)24(33)9-10-34(23,4)35(19,5)15-25(37)42/h7,20-30,38-45H,8-18H2,1-6H3/t20?,21-,22+,23?,24?,25+,26+,27-,28+,29-,30-,33+,34+,35+,37+/m0/s1. The zero-order chi connectivity index (χ0) is 36.1. The number of aliphatic hydroxyl groups excluding tert-OH is 8. The summed E-state index contributed by atoms with van der Waals surface area (Å²) in [7, 11) is 1.40. The molecule has 1 heterocycles. The van der Waals surface area contributed by atoms with E-state index in [0.29, 0.717) is 32.1 Å². The fourth-order valence-electron chi connectivity index (χ4n) is 12.6. The average Bonchev–Trinajstić information content (AvgIpc) is 3.05. The van der Waals surface area contributed by atoms with Crippen molar-refractivity contribution in [2.75, 3.05) is 26.9 Å². The molecule has 6 rings (SSSR count). The highest BCUT2D eigenvalue weighted by Crippen LogP contribution is 2.76. The van der Waals surface area contributed by atoms with Crippen molar-refractivity contribution in [2.45, 2.75) is 135 Å². The van der Waals surface area contributed by atoms with E-state index in [4.69, 9.17) is 14.2 Å². The van der Waals surface area contributed by atoms with Crippen molar-refractivity contribution in [3.8, 4) is 0 Å². The number of carbonyl (C=O) groups is 1. The fourth-order valence-corrected chi connectivity index (χ4v) is 12.6. The fraction of sp³-hybridized carbons (Fsp3) is 0.919. The van der Waals surface area contributed by atoms with E-state index < -0.39 is 90.5 Å². The van der Waals surface area contributed by atoms with Gasteiger partial charge >= 0.3 is 5.97 Å². The van der Waals surface area contributed by atoms with Gasteiger partial charge in [0.2, 0.25) is 0 Å². The van der Waals surface area contributed by atoms with Crippen molar-refractivity contribution in [1.82, 2.24) is 0 Å². The lowest BCUT2D eigenvalue weighted by Gasteiger charge is -2.72.